The van der Waals surface area contributed by atoms with E-state index in [2.05, 4.69) is 10.1 Å². The summed E-state index contributed by atoms with van der Waals surface area (Å²) in [5.74, 6) is 0.0805. The molecule has 7 heteroatoms. The van der Waals surface area contributed by atoms with Gasteiger partial charge < -0.3 is 10.3 Å². The van der Waals surface area contributed by atoms with Crippen molar-refractivity contribution in [3.8, 4) is 11.1 Å². The molecule has 0 bridgehead atoms. The maximum Gasteiger partial charge on any atom is 0.220 e. The van der Waals surface area contributed by atoms with Crippen LogP contribution in [0.25, 0.3) is 11.1 Å². The lowest BCUT2D eigenvalue weighted by Gasteiger charge is -2.13. The van der Waals surface area contributed by atoms with Crippen LogP contribution in [-0.2, 0) is 4.79 Å². The van der Waals surface area contributed by atoms with Crippen LogP contribution in [0.5, 0.6) is 0 Å². The molecule has 0 unspecified atom stereocenters. The van der Waals surface area contributed by atoms with E-state index in [1.807, 2.05) is 38.1 Å². The van der Waals surface area contributed by atoms with Crippen LogP contribution in [0.2, 0.25) is 5.02 Å². The fraction of sp³-hybridized carbons (Fsp3) is 0.200. The highest BCUT2D eigenvalue weighted by Gasteiger charge is 2.32. The molecule has 1 aliphatic heterocycles. The third kappa shape index (κ3) is 3.02. The molecule has 2 aromatic heterocycles. The van der Waals surface area contributed by atoms with E-state index in [4.69, 9.17) is 26.9 Å². The van der Waals surface area contributed by atoms with Crippen molar-refractivity contribution >= 4 is 23.2 Å². The Bertz CT molecular complexity index is 1070. The van der Waals surface area contributed by atoms with E-state index in [9.17, 15) is 4.79 Å². The third-order valence-corrected chi connectivity index (χ3v) is 4.84. The summed E-state index contributed by atoms with van der Waals surface area (Å²) in [6, 6.07) is 9.01. The Labute approximate surface area is 161 Å². The molecule has 1 atom stereocenters. The van der Waals surface area contributed by atoms with Gasteiger partial charge in [-0.25, -0.2) is 0 Å². The maximum absolute atomic E-state index is 11.7. The largest absolute Gasteiger partial charge is 0.370 e. The molecule has 0 fully saturated rings. The van der Waals surface area contributed by atoms with Gasteiger partial charge in [0.15, 0.2) is 5.76 Å². The Kier molecular flexibility index (Phi) is 4.28. The zero-order valence-corrected chi connectivity index (χ0v) is 15.6. The number of nitrogens with two attached hydrogens (primary N) is 1. The standard InChI is InChI=1S/C20H17ClN4O2/c1-10-4-3-5-13-17(10)19(14-7-6-12(21)9-23-14)24-15(8-16(22)26)20-18(13)11(2)25-27-20/h3-7,9,15H,8H2,1-2H3,(H2,22,26)/t15-/m0/s1. The molecule has 2 N–H and O–H groups in total. The molecule has 3 heterocycles. The van der Waals surface area contributed by atoms with Crippen molar-refractivity contribution < 1.29 is 9.32 Å². The summed E-state index contributed by atoms with van der Waals surface area (Å²) in [6.07, 6.45) is 1.60. The Hall–Kier alpha value is -2.99. The SMILES string of the molecule is Cc1cccc2c1C(c1ccc(Cl)cn1)=N[C@@H](CC(N)=O)c1onc(C)c1-2. The minimum Gasteiger partial charge on any atom is -0.370 e. The minimum atomic E-state index is -0.571. The van der Waals surface area contributed by atoms with Crippen LogP contribution >= 0.6 is 11.6 Å². The number of halogens is 1. The summed E-state index contributed by atoms with van der Waals surface area (Å²) in [4.78, 5) is 21.0. The molecule has 3 aromatic rings. The Balaban J connectivity index is 2.04. The van der Waals surface area contributed by atoms with E-state index >= 15 is 0 Å². The third-order valence-electron chi connectivity index (χ3n) is 4.62. The molecule has 0 saturated carbocycles. The van der Waals surface area contributed by atoms with Crippen molar-refractivity contribution in [3.63, 3.8) is 0 Å². The molecule has 4 rings (SSSR count). The van der Waals surface area contributed by atoms with E-state index in [0.29, 0.717) is 22.2 Å². The van der Waals surface area contributed by atoms with Crippen LogP contribution < -0.4 is 5.73 Å². The smallest absolute Gasteiger partial charge is 0.220 e. The van der Waals surface area contributed by atoms with Crippen molar-refractivity contribution in [2.24, 2.45) is 10.7 Å². The fourth-order valence-electron chi connectivity index (χ4n) is 3.45. The highest BCUT2D eigenvalue weighted by Crippen LogP contribution is 2.41. The average Bonchev–Trinajstić information content (AvgIpc) is 2.94. The number of aromatic nitrogens is 2. The van der Waals surface area contributed by atoms with Gasteiger partial charge in [-0.05, 0) is 37.1 Å². The first-order valence-electron chi connectivity index (χ1n) is 8.50. The Morgan fingerprint density at radius 2 is 2.04 bits per heavy atom. The normalized spacial score (nSPS) is 15.5. The molecule has 6 nitrogen and oxygen atoms in total. The molecule has 1 aromatic carbocycles. The van der Waals surface area contributed by atoms with Gasteiger partial charge in [0.2, 0.25) is 5.91 Å². The van der Waals surface area contributed by atoms with E-state index in [1.165, 1.54) is 0 Å². The zero-order chi connectivity index (χ0) is 19.1. The van der Waals surface area contributed by atoms with Crippen LogP contribution in [0.1, 0.15) is 40.7 Å². The molecule has 0 spiro atoms. The monoisotopic (exact) mass is 380 g/mol. The molecule has 0 aliphatic carbocycles. The fourth-order valence-corrected chi connectivity index (χ4v) is 3.56. The second kappa shape index (κ2) is 6.63. The average molecular weight is 381 g/mol. The van der Waals surface area contributed by atoms with Crippen LogP contribution in [0.4, 0.5) is 0 Å². The summed E-state index contributed by atoms with van der Waals surface area (Å²) in [6.45, 7) is 3.89. The Morgan fingerprint density at radius 3 is 2.74 bits per heavy atom. The zero-order valence-electron chi connectivity index (χ0n) is 14.9. The predicted octanol–water partition coefficient (Wildman–Crippen LogP) is 3.77. The number of aryl methyl sites for hydroxylation is 2. The molecule has 0 radical (unpaired) electrons. The van der Waals surface area contributed by atoms with Crippen LogP contribution in [0.15, 0.2) is 46.0 Å². The maximum atomic E-state index is 11.7. The highest BCUT2D eigenvalue weighted by molar-refractivity contribution is 6.30. The van der Waals surface area contributed by atoms with Crippen molar-refractivity contribution in [2.45, 2.75) is 26.3 Å². The number of nitrogens with zero attached hydrogens (tertiary/aromatic N) is 3. The first-order valence-corrected chi connectivity index (χ1v) is 8.88. The van der Waals surface area contributed by atoms with Gasteiger partial charge in [0, 0.05) is 11.8 Å². The number of benzene rings is 1. The number of carbonyl (C=O) groups excluding carboxylic acids is 1. The topological polar surface area (TPSA) is 94.4 Å². The number of pyridine rings is 1. The van der Waals surface area contributed by atoms with Gasteiger partial charge in [0.25, 0.3) is 0 Å². The second-order valence-electron chi connectivity index (χ2n) is 6.53. The minimum absolute atomic E-state index is 0.0196. The predicted molar refractivity (Wildman–Crippen MR) is 103 cm³/mol. The first-order chi connectivity index (χ1) is 13.0. The number of aliphatic imine (C=N–C) groups is 1. The lowest BCUT2D eigenvalue weighted by Crippen LogP contribution is -2.16. The van der Waals surface area contributed by atoms with Crippen molar-refractivity contribution in [1.29, 1.82) is 0 Å². The highest BCUT2D eigenvalue weighted by atomic mass is 35.5. The van der Waals surface area contributed by atoms with Gasteiger partial charge in [0.05, 0.1) is 34.1 Å². The number of hydrogen-bond donors (Lipinski definition) is 1. The number of carbonyl (C=O) groups is 1. The second-order valence-corrected chi connectivity index (χ2v) is 6.97. The molecule has 27 heavy (non-hydrogen) atoms. The summed E-state index contributed by atoms with van der Waals surface area (Å²) in [7, 11) is 0. The number of amides is 1. The number of hydrogen-bond acceptors (Lipinski definition) is 5. The molecule has 0 saturated heterocycles. The van der Waals surface area contributed by atoms with Crippen LogP contribution in [0.3, 0.4) is 0 Å². The van der Waals surface area contributed by atoms with Gasteiger partial charge in [-0.15, -0.1) is 0 Å². The van der Waals surface area contributed by atoms with Gasteiger partial charge in [-0.3, -0.25) is 14.8 Å². The number of primary amides is 1. The molecule has 1 aliphatic rings. The van der Waals surface area contributed by atoms with Crippen LogP contribution in [-0.4, -0.2) is 21.8 Å². The van der Waals surface area contributed by atoms with Gasteiger partial charge >= 0.3 is 0 Å². The van der Waals surface area contributed by atoms with E-state index < -0.39 is 11.9 Å². The van der Waals surface area contributed by atoms with Gasteiger partial charge in [-0.1, -0.05) is 35.0 Å². The first kappa shape index (κ1) is 17.4. The Morgan fingerprint density at radius 1 is 1.22 bits per heavy atom. The van der Waals surface area contributed by atoms with Crippen molar-refractivity contribution in [1.82, 2.24) is 10.1 Å². The van der Waals surface area contributed by atoms with Gasteiger partial charge in [0.1, 0.15) is 6.04 Å². The van der Waals surface area contributed by atoms with E-state index in [1.54, 1.807) is 12.3 Å². The van der Waals surface area contributed by atoms with E-state index in [0.717, 1.165) is 27.9 Å². The quantitative estimate of drug-likeness (QED) is 0.748. The van der Waals surface area contributed by atoms with Crippen molar-refractivity contribution in [2.75, 3.05) is 0 Å². The van der Waals surface area contributed by atoms with Crippen molar-refractivity contribution in [3.05, 3.63) is 69.8 Å². The van der Waals surface area contributed by atoms with Gasteiger partial charge in [-0.2, -0.15) is 0 Å². The summed E-state index contributed by atoms with van der Waals surface area (Å²) in [5, 5.41) is 4.65. The number of rotatable bonds is 3. The molecule has 136 valence electrons. The molecular weight excluding hydrogens is 364 g/mol. The lowest BCUT2D eigenvalue weighted by atomic mass is 9.91. The summed E-state index contributed by atoms with van der Waals surface area (Å²) < 4.78 is 5.57. The summed E-state index contributed by atoms with van der Waals surface area (Å²) >= 11 is 6.00. The lowest BCUT2D eigenvalue weighted by molar-refractivity contribution is -0.118. The molecule has 1 amide bonds. The number of fused-ring (bicyclic) bond motifs is 3. The van der Waals surface area contributed by atoms with E-state index in [-0.39, 0.29) is 6.42 Å². The van der Waals surface area contributed by atoms with Crippen LogP contribution in [0, 0.1) is 13.8 Å². The summed E-state index contributed by atoms with van der Waals surface area (Å²) in [5.41, 5.74) is 11.3. The molecular formula is C20H17ClN4O2.